The first kappa shape index (κ1) is 23.4. The van der Waals surface area contributed by atoms with Crippen LogP contribution in [-0.4, -0.2) is 0 Å². The van der Waals surface area contributed by atoms with Gasteiger partial charge in [-0.1, -0.05) is 133 Å². The van der Waals surface area contributed by atoms with Crippen LogP contribution in [0, 0.1) is 0 Å². The second-order valence-corrected chi connectivity index (χ2v) is 12.3. The second-order valence-electron chi connectivity index (χ2n) is 10.2. The van der Waals surface area contributed by atoms with Gasteiger partial charge in [0.15, 0.2) is 0 Å². The number of rotatable bonds is 4. The van der Waals surface area contributed by atoms with Gasteiger partial charge in [-0.15, -0.1) is 22.7 Å². The van der Waals surface area contributed by atoms with Gasteiger partial charge in [-0.3, -0.25) is 0 Å². The Morgan fingerprint density at radius 2 is 0.650 bits per heavy atom. The normalized spacial score (nSPS) is 11.5. The first-order valence-corrected chi connectivity index (χ1v) is 15.1. The van der Waals surface area contributed by atoms with E-state index in [4.69, 9.17) is 0 Å². The van der Waals surface area contributed by atoms with Crippen molar-refractivity contribution in [3.8, 4) is 43.1 Å². The van der Waals surface area contributed by atoms with E-state index in [0.717, 1.165) is 0 Å². The van der Waals surface area contributed by atoms with Crippen LogP contribution in [0.25, 0.3) is 74.1 Å². The molecule has 2 heteroatoms. The monoisotopic (exact) mass is 544 g/mol. The van der Waals surface area contributed by atoms with Crippen molar-refractivity contribution in [2.24, 2.45) is 0 Å². The van der Waals surface area contributed by atoms with Crippen molar-refractivity contribution in [1.29, 1.82) is 0 Å². The van der Waals surface area contributed by atoms with Gasteiger partial charge in [-0.05, 0) is 56.3 Å². The molecular formula is C38H24S2. The lowest BCUT2D eigenvalue weighted by Gasteiger charge is -2.03. The maximum absolute atomic E-state index is 2.34. The Balaban J connectivity index is 1.16. The van der Waals surface area contributed by atoms with Crippen LogP contribution in [0.5, 0.6) is 0 Å². The number of fused-ring (bicyclic) bond motifs is 5. The first-order valence-electron chi connectivity index (χ1n) is 13.5. The minimum atomic E-state index is 1.25. The smallest absolute Gasteiger partial charge is 0.0428 e. The molecular weight excluding hydrogens is 521 g/mol. The summed E-state index contributed by atoms with van der Waals surface area (Å²) in [6.45, 7) is 0. The highest BCUT2D eigenvalue weighted by Gasteiger charge is 2.13. The predicted molar refractivity (Wildman–Crippen MR) is 176 cm³/mol. The van der Waals surface area contributed by atoms with Gasteiger partial charge in [0.2, 0.25) is 0 Å². The summed E-state index contributed by atoms with van der Waals surface area (Å²) in [5.74, 6) is 0. The highest BCUT2D eigenvalue weighted by molar-refractivity contribution is 7.24. The van der Waals surface area contributed by atoms with Crippen LogP contribution in [0.2, 0.25) is 0 Å². The van der Waals surface area contributed by atoms with Crippen molar-refractivity contribution in [3.05, 3.63) is 146 Å². The van der Waals surface area contributed by atoms with Crippen molar-refractivity contribution < 1.29 is 0 Å². The third-order valence-corrected chi connectivity index (χ3v) is 10.2. The fourth-order valence-corrected chi connectivity index (χ4v) is 7.99. The molecule has 0 amide bonds. The van der Waals surface area contributed by atoms with Crippen molar-refractivity contribution in [1.82, 2.24) is 0 Å². The molecule has 2 aromatic heterocycles. The lowest BCUT2D eigenvalue weighted by molar-refractivity contribution is 1.62. The molecule has 0 atom stereocenters. The summed E-state index contributed by atoms with van der Waals surface area (Å²) in [6, 6.07) is 53.0. The van der Waals surface area contributed by atoms with Crippen molar-refractivity contribution >= 4 is 53.6 Å². The Bertz CT molecular complexity index is 1960. The molecule has 188 valence electrons. The average Bonchev–Trinajstić information content (AvgIpc) is 3.67. The molecule has 0 saturated carbocycles. The zero-order valence-corrected chi connectivity index (χ0v) is 23.3. The summed E-state index contributed by atoms with van der Waals surface area (Å²) in [5.41, 5.74) is 7.55. The van der Waals surface area contributed by atoms with E-state index in [-0.39, 0.29) is 0 Å². The molecule has 40 heavy (non-hydrogen) atoms. The molecule has 0 aliphatic heterocycles. The van der Waals surface area contributed by atoms with Crippen molar-refractivity contribution in [2.45, 2.75) is 0 Å². The third-order valence-electron chi connectivity index (χ3n) is 7.71. The maximum atomic E-state index is 2.34. The fraction of sp³-hybridized carbons (Fsp3) is 0. The topological polar surface area (TPSA) is 0 Å². The van der Waals surface area contributed by atoms with E-state index in [0.29, 0.717) is 0 Å². The Kier molecular flexibility index (Phi) is 5.62. The summed E-state index contributed by atoms with van der Waals surface area (Å²) in [6.07, 6.45) is 0. The molecule has 0 nitrogen and oxygen atoms in total. The van der Waals surface area contributed by atoms with Crippen LogP contribution >= 0.6 is 22.7 Å². The van der Waals surface area contributed by atoms with Crippen molar-refractivity contribution in [3.63, 3.8) is 0 Å². The lowest BCUT2D eigenvalue weighted by atomic mass is 10.0. The maximum Gasteiger partial charge on any atom is 0.0428 e. The van der Waals surface area contributed by atoms with Gasteiger partial charge in [0.25, 0.3) is 0 Å². The summed E-state index contributed by atoms with van der Waals surface area (Å²) in [5, 5.41) is 5.31. The molecule has 0 aliphatic rings. The van der Waals surface area contributed by atoms with Gasteiger partial charge in [0.1, 0.15) is 0 Å². The van der Waals surface area contributed by atoms with Crippen LogP contribution in [0.4, 0.5) is 0 Å². The van der Waals surface area contributed by atoms with Crippen LogP contribution in [0.1, 0.15) is 0 Å². The molecule has 0 saturated heterocycles. The van der Waals surface area contributed by atoms with Gasteiger partial charge < -0.3 is 0 Å². The molecule has 8 rings (SSSR count). The van der Waals surface area contributed by atoms with Gasteiger partial charge in [-0.2, -0.15) is 0 Å². The van der Waals surface area contributed by atoms with Crippen LogP contribution in [0.3, 0.4) is 0 Å². The van der Waals surface area contributed by atoms with E-state index in [1.54, 1.807) is 0 Å². The molecule has 0 N–H and O–H groups in total. The number of hydrogen-bond donors (Lipinski definition) is 0. The van der Waals surface area contributed by atoms with E-state index in [2.05, 4.69) is 146 Å². The van der Waals surface area contributed by atoms with Crippen LogP contribution in [-0.2, 0) is 0 Å². The van der Waals surface area contributed by atoms with E-state index >= 15 is 0 Å². The first-order chi connectivity index (χ1) is 19.8. The fourth-order valence-electron chi connectivity index (χ4n) is 5.60. The van der Waals surface area contributed by atoms with E-state index in [1.165, 1.54) is 74.1 Å². The Hall–Kier alpha value is -4.50. The predicted octanol–water partition coefficient (Wildman–Crippen LogP) is 11.9. The van der Waals surface area contributed by atoms with Crippen LogP contribution in [0.15, 0.2) is 146 Å². The highest BCUT2D eigenvalue weighted by Crippen LogP contribution is 2.43. The molecule has 0 spiro atoms. The third kappa shape index (κ3) is 4.05. The van der Waals surface area contributed by atoms with E-state index < -0.39 is 0 Å². The highest BCUT2D eigenvalue weighted by atomic mass is 32.1. The Labute approximate surface area is 241 Å². The molecule has 0 bridgehead atoms. The molecule has 0 unspecified atom stereocenters. The lowest BCUT2D eigenvalue weighted by Crippen LogP contribution is -1.77. The van der Waals surface area contributed by atoms with Gasteiger partial charge in [-0.25, -0.2) is 0 Å². The van der Waals surface area contributed by atoms with Crippen LogP contribution < -0.4 is 0 Å². The Morgan fingerprint density at radius 1 is 0.300 bits per heavy atom. The number of hydrogen-bond acceptors (Lipinski definition) is 2. The average molecular weight is 545 g/mol. The summed E-state index contributed by atoms with van der Waals surface area (Å²) >= 11 is 3.79. The quantitative estimate of drug-likeness (QED) is 0.207. The van der Waals surface area contributed by atoms with Gasteiger partial charge in [0.05, 0.1) is 0 Å². The zero-order chi connectivity index (χ0) is 26.5. The SMILES string of the molecule is c1ccc(-c2ccc(-c3cc4ccc5c(ccc6cc(-c7ccc(-c8ccccc8)cc7)sc65)c4s3)cc2)cc1. The van der Waals surface area contributed by atoms with E-state index in [9.17, 15) is 0 Å². The zero-order valence-electron chi connectivity index (χ0n) is 21.7. The number of benzene rings is 6. The second kappa shape index (κ2) is 9.60. The van der Waals surface area contributed by atoms with Gasteiger partial charge >= 0.3 is 0 Å². The minimum Gasteiger partial charge on any atom is -0.135 e. The molecule has 0 fully saturated rings. The van der Waals surface area contributed by atoms with Crippen molar-refractivity contribution in [2.75, 3.05) is 0 Å². The summed E-state index contributed by atoms with van der Waals surface area (Å²) in [4.78, 5) is 2.63. The number of thiophene rings is 2. The molecule has 0 radical (unpaired) electrons. The Morgan fingerprint density at radius 3 is 1.05 bits per heavy atom. The van der Waals surface area contributed by atoms with E-state index in [1.807, 2.05) is 22.7 Å². The largest absolute Gasteiger partial charge is 0.135 e. The molecule has 6 aromatic carbocycles. The molecule has 0 aliphatic carbocycles. The standard InChI is InChI=1S/C38H24S2/c1-3-7-25(8-4-1)27-11-15-29(16-12-27)35-23-31-19-21-34-33(37(31)39-35)22-20-32-24-36(40-38(32)34)30-17-13-28(14-18-30)26-9-5-2-6-10-26/h1-24H. The van der Waals surface area contributed by atoms with Gasteiger partial charge in [0, 0.05) is 29.9 Å². The summed E-state index contributed by atoms with van der Waals surface area (Å²) < 4.78 is 2.73. The minimum absolute atomic E-state index is 1.25. The summed E-state index contributed by atoms with van der Waals surface area (Å²) in [7, 11) is 0. The molecule has 2 heterocycles. The molecule has 8 aromatic rings.